The van der Waals surface area contributed by atoms with Gasteiger partial charge < -0.3 is 4.74 Å². The molecule has 0 saturated carbocycles. The Labute approximate surface area is 102 Å². The summed E-state index contributed by atoms with van der Waals surface area (Å²) in [7, 11) is 0. The van der Waals surface area contributed by atoms with Gasteiger partial charge in [-0.3, -0.25) is 9.69 Å². The van der Waals surface area contributed by atoms with E-state index in [4.69, 9.17) is 4.74 Å². The maximum atomic E-state index is 11.8. The molecule has 0 N–H and O–H groups in total. The van der Waals surface area contributed by atoms with Crippen molar-refractivity contribution in [3.8, 4) is 0 Å². The minimum atomic E-state index is -0.0686. The van der Waals surface area contributed by atoms with Gasteiger partial charge in [0, 0.05) is 6.54 Å². The van der Waals surface area contributed by atoms with E-state index in [2.05, 4.69) is 17.0 Å². The van der Waals surface area contributed by atoms with Crippen molar-refractivity contribution < 1.29 is 9.53 Å². The van der Waals surface area contributed by atoms with Gasteiger partial charge in [0.25, 0.3) is 0 Å². The highest BCUT2D eigenvalue weighted by Crippen LogP contribution is 2.21. The van der Waals surface area contributed by atoms with Crippen molar-refractivity contribution >= 4 is 5.97 Å². The molecule has 3 nitrogen and oxygen atoms in total. The van der Waals surface area contributed by atoms with Gasteiger partial charge in [0.15, 0.2) is 0 Å². The van der Waals surface area contributed by atoms with Gasteiger partial charge in [-0.15, -0.1) is 0 Å². The third-order valence-corrected chi connectivity index (χ3v) is 3.15. The topological polar surface area (TPSA) is 29.5 Å². The maximum Gasteiger partial charge on any atom is 0.323 e. The van der Waals surface area contributed by atoms with E-state index in [9.17, 15) is 4.79 Å². The standard InChI is InChI=1S/C14H19NO2/c1-2-17-14(16)13-9-6-10-15(13)11-12-7-4-3-5-8-12/h3-5,7-8,13H,2,6,9-11H2,1H3. The smallest absolute Gasteiger partial charge is 0.323 e. The van der Waals surface area contributed by atoms with Crippen LogP contribution in [-0.2, 0) is 16.1 Å². The molecule has 17 heavy (non-hydrogen) atoms. The molecule has 0 radical (unpaired) electrons. The summed E-state index contributed by atoms with van der Waals surface area (Å²) in [6, 6.07) is 10.2. The van der Waals surface area contributed by atoms with Crippen molar-refractivity contribution in [2.45, 2.75) is 32.4 Å². The average Bonchev–Trinajstić information content (AvgIpc) is 2.79. The van der Waals surface area contributed by atoms with Gasteiger partial charge in [0.1, 0.15) is 6.04 Å². The summed E-state index contributed by atoms with van der Waals surface area (Å²) in [5, 5.41) is 0. The van der Waals surface area contributed by atoms with Crippen LogP contribution in [0.15, 0.2) is 30.3 Å². The van der Waals surface area contributed by atoms with E-state index < -0.39 is 0 Å². The quantitative estimate of drug-likeness (QED) is 0.747. The molecule has 0 spiro atoms. The third kappa shape index (κ3) is 3.07. The Hall–Kier alpha value is -1.35. The van der Waals surface area contributed by atoms with E-state index >= 15 is 0 Å². The maximum absolute atomic E-state index is 11.8. The number of esters is 1. The van der Waals surface area contributed by atoms with Crippen LogP contribution < -0.4 is 0 Å². The Kier molecular flexibility index (Phi) is 4.15. The molecule has 1 unspecified atom stereocenters. The normalized spacial score (nSPS) is 20.4. The van der Waals surface area contributed by atoms with Gasteiger partial charge in [0.05, 0.1) is 6.61 Å². The lowest BCUT2D eigenvalue weighted by Gasteiger charge is -2.22. The molecule has 1 aromatic carbocycles. The van der Waals surface area contributed by atoms with E-state index in [0.717, 1.165) is 25.9 Å². The molecule has 3 heteroatoms. The second kappa shape index (κ2) is 5.82. The lowest BCUT2D eigenvalue weighted by atomic mass is 10.2. The molecular weight excluding hydrogens is 214 g/mol. The van der Waals surface area contributed by atoms with Crippen LogP contribution in [0.2, 0.25) is 0 Å². The van der Waals surface area contributed by atoms with Crippen molar-refractivity contribution in [3.63, 3.8) is 0 Å². The number of ether oxygens (including phenoxy) is 1. The summed E-state index contributed by atoms with van der Waals surface area (Å²) >= 11 is 0. The molecule has 2 rings (SSSR count). The van der Waals surface area contributed by atoms with Crippen molar-refractivity contribution in [1.82, 2.24) is 4.90 Å². The Morgan fingerprint density at radius 3 is 2.88 bits per heavy atom. The summed E-state index contributed by atoms with van der Waals surface area (Å²) in [5.74, 6) is -0.0686. The van der Waals surface area contributed by atoms with E-state index in [1.807, 2.05) is 25.1 Å². The summed E-state index contributed by atoms with van der Waals surface area (Å²) in [6.07, 6.45) is 2.00. The molecule has 1 aromatic rings. The van der Waals surface area contributed by atoms with Gasteiger partial charge in [-0.2, -0.15) is 0 Å². The molecule has 92 valence electrons. The Morgan fingerprint density at radius 1 is 1.41 bits per heavy atom. The molecule has 0 bridgehead atoms. The van der Waals surface area contributed by atoms with Crippen LogP contribution in [0.4, 0.5) is 0 Å². The largest absolute Gasteiger partial charge is 0.465 e. The Morgan fingerprint density at radius 2 is 2.18 bits per heavy atom. The van der Waals surface area contributed by atoms with Crippen molar-refractivity contribution in [2.24, 2.45) is 0 Å². The zero-order valence-corrected chi connectivity index (χ0v) is 10.3. The van der Waals surface area contributed by atoms with Crippen LogP contribution in [0, 0.1) is 0 Å². The van der Waals surface area contributed by atoms with E-state index in [0.29, 0.717) is 6.61 Å². The molecule has 0 amide bonds. The zero-order valence-electron chi connectivity index (χ0n) is 10.3. The Bertz CT molecular complexity index is 364. The highest BCUT2D eigenvalue weighted by molar-refractivity contribution is 5.76. The average molecular weight is 233 g/mol. The zero-order chi connectivity index (χ0) is 12.1. The molecule has 1 fully saturated rings. The van der Waals surface area contributed by atoms with E-state index in [-0.39, 0.29) is 12.0 Å². The molecular formula is C14H19NO2. The molecule has 1 heterocycles. The van der Waals surface area contributed by atoms with Crippen LogP contribution in [-0.4, -0.2) is 30.1 Å². The van der Waals surface area contributed by atoms with Gasteiger partial charge in [-0.05, 0) is 31.9 Å². The second-order valence-electron chi connectivity index (χ2n) is 4.37. The van der Waals surface area contributed by atoms with Crippen molar-refractivity contribution in [3.05, 3.63) is 35.9 Å². The monoisotopic (exact) mass is 233 g/mol. The van der Waals surface area contributed by atoms with Gasteiger partial charge in [-0.1, -0.05) is 30.3 Å². The van der Waals surface area contributed by atoms with Crippen molar-refractivity contribution in [1.29, 1.82) is 0 Å². The fourth-order valence-corrected chi connectivity index (χ4v) is 2.34. The van der Waals surface area contributed by atoms with Crippen LogP contribution in [0.1, 0.15) is 25.3 Å². The van der Waals surface area contributed by atoms with Crippen LogP contribution in [0.5, 0.6) is 0 Å². The lowest BCUT2D eigenvalue weighted by Crippen LogP contribution is -2.36. The first kappa shape index (κ1) is 12.1. The minimum Gasteiger partial charge on any atom is -0.465 e. The van der Waals surface area contributed by atoms with Crippen LogP contribution in [0.25, 0.3) is 0 Å². The highest BCUT2D eigenvalue weighted by atomic mass is 16.5. The van der Waals surface area contributed by atoms with Gasteiger partial charge in [0.2, 0.25) is 0 Å². The minimum absolute atomic E-state index is 0.0462. The summed E-state index contributed by atoms with van der Waals surface area (Å²) in [5.41, 5.74) is 1.25. The number of hydrogen-bond donors (Lipinski definition) is 0. The van der Waals surface area contributed by atoms with Crippen molar-refractivity contribution in [2.75, 3.05) is 13.2 Å². The van der Waals surface area contributed by atoms with E-state index in [1.54, 1.807) is 0 Å². The third-order valence-electron chi connectivity index (χ3n) is 3.15. The first-order valence-electron chi connectivity index (χ1n) is 6.26. The molecule has 0 aromatic heterocycles. The van der Waals surface area contributed by atoms with Gasteiger partial charge in [-0.25, -0.2) is 0 Å². The molecule has 0 aliphatic carbocycles. The summed E-state index contributed by atoms with van der Waals surface area (Å²) < 4.78 is 5.11. The van der Waals surface area contributed by atoms with Crippen LogP contribution >= 0.6 is 0 Å². The predicted octanol–water partition coefficient (Wildman–Crippen LogP) is 2.21. The first-order chi connectivity index (χ1) is 8.31. The number of likely N-dealkylation sites (tertiary alicyclic amines) is 1. The van der Waals surface area contributed by atoms with Crippen LogP contribution in [0.3, 0.4) is 0 Å². The van der Waals surface area contributed by atoms with E-state index in [1.165, 1.54) is 5.56 Å². The first-order valence-corrected chi connectivity index (χ1v) is 6.26. The number of rotatable bonds is 4. The number of benzene rings is 1. The summed E-state index contributed by atoms with van der Waals surface area (Å²) in [6.45, 7) is 4.14. The number of nitrogens with zero attached hydrogens (tertiary/aromatic N) is 1. The van der Waals surface area contributed by atoms with Gasteiger partial charge >= 0.3 is 5.97 Å². The fraction of sp³-hybridized carbons (Fsp3) is 0.500. The lowest BCUT2D eigenvalue weighted by molar-refractivity contribution is -0.148. The summed E-state index contributed by atoms with van der Waals surface area (Å²) in [4.78, 5) is 14.0. The molecule has 1 aliphatic rings. The highest BCUT2D eigenvalue weighted by Gasteiger charge is 2.31. The Balaban J connectivity index is 1.98. The number of carbonyl (C=O) groups excluding carboxylic acids is 1. The second-order valence-corrected chi connectivity index (χ2v) is 4.37. The molecule has 1 saturated heterocycles. The molecule has 1 aliphatic heterocycles. The number of hydrogen-bond acceptors (Lipinski definition) is 3. The number of carbonyl (C=O) groups is 1. The molecule has 1 atom stereocenters. The SMILES string of the molecule is CCOC(=O)C1CCCN1Cc1ccccc1. The fourth-order valence-electron chi connectivity index (χ4n) is 2.34. The predicted molar refractivity (Wildman–Crippen MR) is 66.5 cm³/mol.